The molecule has 0 unspecified atom stereocenters. The number of hydrogen-bond acceptors (Lipinski definition) is 6. The van der Waals surface area contributed by atoms with E-state index in [1.54, 1.807) is 0 Å². The molecule has 32 heavy (non-hydrogen) atoms. The van der Waals surface area contributed by atoms with E-state index in [1.807, 2.05) is 32.9 Å². The van der Waals surface area contributed by atoms with Gasteiger partial charge in [-0.3, -0.25) is 33.5 Å². The van der Waals surface area contributed by atoms with Crippen LogP contribution in [-0.2, 0) is 23.3 Å². The number of nitrogens with one attached hydrogen (secondary N) is 2. The van der Waals surface area contributed by atoms with E-state index >= 15 is 0 Å². The summed E-state index contributed by atoms with van der Waals surface area (Å²) >= 11 is 0. The largest absolute Gasteiger partial charge is 0.426 e. The molecule has 2 heterocycles. The fourth-order valence-electron chi connectivity index (χ4n) is 3.20. The Hall–Kier alpha value is -3.95. The van der Waals surface area contributed by atoms with Gasteiger partial charge in [-0.05, 0) is 23.1 Å². The van der Waals surface area contributed by atoms with Crippen molar-refractivity contribution in [2.24, 2.45) is 0 Å². The lowest BCUT2D eigenvalue weighted by Crippen LogP contribution is -2.30. The number of benzene rings is 1. The van der Waals surface area contributed by atoms with Gasteiger partial charge in [0, 0.05) is 42.6 Å². The summed E-state index contributed by atoms with van der Waals surface area (Å²) in [6, 6.07) is 6.10. The highest BCUT2D eigenvalue weighted by Crippen LogP contribution is 2.33. The Morgan fingerprint density at radius 3 is 1.66 bits per heavy atom. The smallest absolute Gasteiger partial charge is 0.328 e. The van der Waals surface area contributed by atoms with Crippen molar-refractivity contribution in [2.45, 2.75) is 46.2 Å². The van der Waals surface area contributed by atoms with Crippen LogP contribution in [0.2, 0.25) is 0 Å². The summed E-state index contributed by atoms with van der Waals surface area (Å²) in [5.74, 6) is -0.361. The first-order valence-corrected chi connectivity index (χ1v) is 9.88. The standard InChI is InChI=1S/C22H24N4O6/c1-13(27)32-19-14(11-25-7-5-17(28)23-20(25)30)9-16(22(2,3)4)10-15(19)12-26-8-6-18(29)24-21(26)31/h5-10H,11-12H2,1-4H3,(H,23,28,30)(H,24,29,31). The molecule has 0 aliphatic rings. The van der Waals surface area contributed by atoms with Crippen molar-refractivity contribution in [1.29, 1.82) is 0 Å². The molecule has 0 fully saturated rings. The topological polar surface area (TPSA) is 136 Å². The second kappa shape index (κ2) is 8.66. The Bertz CT molecular complexity index is 1310. The van der Waals surface area contributed by atoms with Crippen LogP contribution >= 0.6 is 0 Å². The lowest BCUT2D eigenvalue weighted by Gasteiger charge is -2.24. The molecular weight excluding hydrogens is 416 g/mol. The van der Waals surface area contributed by atoms with Gasteiger partial charge in [0.2, 0.25) is 0 Å². The Balaban J connectivity index is 2.23. The van der Waals surface area contributed by atoms with Gasteiger partial charge in [0.25, 0.3) is 11.1 Å². The lowest BCUT2D eigenvalue weighted by atomic mass is 9.84. The van der Waals surface area contributed by atoms with Gasteiger partial charge in [0.15, 0.2) is 0 Å². The van der Waals surface area contributed by atoms with Crippen molar-refractivity contribution in [3.63, 3.8) is 0 Å². The maximum Gasteiger partial charge on any atom is 0.328 e. The average Bonchev–Trinajstić information content (AvgIpc) is 2.67. The molecule has 0 radical (unpaired) electrons. The maximum atomic E-state index is 12.2. The number of rotatable bonds is 5. The number of aromatic nitrogens is 4. The van der Waals surface area contributed by atoms with Crippen LogP contribution in [0.25, 0.3) is 0 Å². The lowest BCUT2D eigenvalue weighted by molar-refractivity contribution is -0.132. The second-order valence-corrected chi connectivity index (χ2v) is 8.44. The Morgan fingerprint density at radius 1 is 0.875 bits per heavy atom. The number of nitrogens with zero attached hydrogens (tertiary/aromatic N) is 2. The molecule has 0 aliphatic heterocycles. The predicted molar refractivity (Wildman–Crippen MR) is 117 cm³/mol. The zero-order valence-electron chi connectivity index (χ0n) is 18.2. The Labute approximate surface area is 182 Å². The molecule has 3 rings (SSSR count). The maximum absolute atomic E-state index is 12.2. The number of carbonyl (C=O) groups is 1. The fraction of sp³-hybridized carbons (Fsp3) is 0.318. The monoisotopic (exact) mass is 440 g/mol. The molecule has 2 aromatic heterocycles. The first-order chi connectivity index (χ1) is 14.9. The van der Waals surface area contributed by atoms with E-state index in [1.165, 1.54) is 40.6 Å². The van der Waals surface area contributed by atoms with Crippen LogP contribution in [0.4, 0.5) is 0 Å². The van der Waals surface area contributed by atoms with E-state index in [4.69, 9.17) is 4.74 Å². The molecule has 0 bridgehead atoms. The van der Waals surface area contributed by atoms with E-state index in [0.29, 0.717) is 11.1 Å². The third-order valence-electron chi connectivity index (χ3n) is 4.83. The molecular formula is C22H24N4O6. The first-order valence-electron chi connectivity index (χ1n) is 9.88. The Kier molecular flexibility index (Phi) is 6.15. The summed E-state index contributed by atoms with van der Waals surface area (Å²) in [5, 5.41) is 0. The zero-order chi connectivity index (χ0) is 23.6. The third-order valence-corrected chi connectivity index (χ3v) is 4.83. The number of ether oxygens (including phenoxy) is 1. The number of esters is 1. The number of H-pyrrole nitrogens is 2. The predicted octanol–water partition coefficient (Wildman–Crippen LogP) is 0.706. The van der Waals surface area contributed by atoms with Gasteiger partial charge in [-0.1, -0.05) is 20.8 Å². The third kappa shape index (κ3) is 5.20. The van der Waals surface area contributed by atoms with Crippen molar-refractivity contribution in [3.8, 4) is 5.75 Å². The molecule has 0 saturated heterocycles. The summed E-state index contributed by atoms with van der Waals surface area (Å²) in [7, 11) is 0. The van der Waals surface area contributed by atoms with Crippen LogP contribution in [0.3, 0.4) is 0 Å². The van der Waals surface area contributed by atoms with E-state index in [9.17, 15) is 24.0 Å². The fourth-order valence-corrected chi connectivity index (χ4v) is 3.20. The van der Waals surface area contributed by atoms with Crippen LogP contribution in [0.5, 0.6) is 5.75 Å². The minimum atomic E-state index is -0.606. The molecule has 0 amide bonds. The van der Waals surface area contributed by atoms with Crippen LogP contribution < -0.4 is 27.2 Å². The van der Waals surface area contributed by atoms with Crippen LogP contribution in [0.15, 0.2) is 55.8 Å². The van der Waals surface area contributed by atoms with Gasteiger partial charge >= 0.3 is 17.3 Å². The van der Waals surface area contributed by atoms with Gasteiger partial charge in [0.05, 0.1) is 13.1 Å². The quantitative estimate of drug-likeness (QED) is 0.443. The molecule has 0 aliphatic carbocycles. The highest BCUT2D eigenvalue weighted by molar-refractivity contribution is 5.70. The van der Waals surface area contributed by atoms with E-state index in [0.717, 1.165) is 5.56 Å². The van der Waals surface area contributed by atoms with Crippen LogP contribution in [0, 0.1) is 0 Å². The molecule has 0 spiro atoms. The summed E-state index contributed by atoms with van der Waals surface area (Å²) in [4.78, 5) is 63.6. The molecule has 10 nitrogen and oxygen atoms in total. The van der Waals surface area contributed by atoms with Gasteiger partial charge in [-0.25, -0.2) is 9.59 Å². The van der Waals surface area contributed by atoms with Crippen molar-refractivity contribution in [1.82, 2.24) is 19.1 Å². The van der Waals surface area contributed by atoms with E-state index < -0.39 is 28.5 Å². The highest BCUT2D eigenvalue weighted by Gasteiger charge is 2.22. The molecule has 168 valence electrons. The highest BCUT2D eigenvalue weighted by atomic mass is 16.5. The SMILES string of the molecule is CC(=O)Oc1c(Cn2ccc(=O)[nH]c2=O)cc(C(C)(C)C)cc1Cn1ccc(=O)[nH]c1=O. The molecule has 10 heteroatoms. The van der Waals surface area contributed by atoms with Crippen molar-refractivity contribution < 1.29 is 9.53 Å². The minimum Gasteiger partial charge on any atom is -0.426 e. The zero-order valence-corrected chi connectivity index (χ0v) is 18.2. The molecule has 1 aromatic carbocycles. The normalized spacial score (nSPS) is 11.4. The van der Waals surface area contributed by atoms with Crippen molar-refractivity contribution >= 4 is 5.97 Å². The van der Waals surface area contributed by atoms with Gasteiger partial charge in [-0.15, -0.1) is 0 Å². The van der Waals surface area contributed by atoms with Crippen molar-refractivity contribution in [3.05, 3.63) is 95.0 Å². The average molecular weight is 440 g/mol. The van der Waals surface area contributed by atoms with Crippen LogP contribution in [0.1, 0.15) is 44.4 Å². The summed E-state index contributed by atoms with van der Waals surface area (Å²) in [5.41, 5.74) is -0.626. The Morgan fingerprint density at radius 2 is 1.31 bits per heavy atom. The summed E-state index contributed by atoms with van der Waals surface area (Å²) in [6.45, 7) is 7.30. The van der Waals surface area contributed by atoms with E-state index in [-0.39, 0.29) is 24.3 Å². The van der Waals surface area contributed by atoms with Gasteiger partial charge in [0.1, 0.15) is 5.75 Å². The van der Waals surface area contributed by atoms with E-state index in [2.05, 4.69) is 9.97 Å². The van der Waals surface area contributed by atoms with Crippen molar-refractivity contribution in [2.75, 3.05) is 0 Å². The molecule has 2 N–H and O–H groups in total. The minimum absolute atomic E-state index is 0.0235. The second-order valence-electron chi connectivity index (χ2n) is 8.44. The molecule has 0 atom stereocenters. The number of carbonyl (C=O) groups excluding carboxylic acids is 1. The number of aromatic amines is 2. The van der Waals surface area contributed by atoms with Gasteiger partial charge in [-0.2, -0.15) is 0 Å². The summed E-state index contributed by atoms with van der Waals surface area (Å²) < 4.78 is 8.07. The first kappa shape index (κ1) is 22.7. The van der Waals surface area contributed by atoms with Gasteiger partial charge < -0.3 is 4.74 Å². The molecule has 0 saturated carbocycles. The van der Waals surface area contributed by atoms with Crippen LogP contribution in [-0.4, -0.2) is 25.1 Å². The molecule has 3 aromatic rings. The number of hydrogen-bond donors (Lipinski definition) is 2. The summed E-state index contributed by atoms with van der Waals surface area (Å²) in [6.07, 6.45) is 2.71.